The van der Waals surface area contributed by atoms with E-state index in [1.54, 1.807) is 0 Å². The van der Waals surface area contributed by atoms with Crippen molar-refractivity contribution in [2.24, 2.45) is 5.41 Å². The van der Waals surface area contributed by atoms with Crippen LogP contribution in [0.3, 0.4) is 0 Å². The van der Waals surface area contributed by atoms with Gasteiger partial charge in [0.25, 0.3) is 0 Å². The summed E-state index contributed by atoms with van der Waals surface area (Å²) in [5.41, 5.74) is 4.70. The second kappa shape index (κ2) is 9.84. The van der Waals surface area contributed by atoms with Crippen LogP contribution in [-0.2, 0) is 30.7 Å². The molecule has 7 heteroatoms. The van der Waals surface area contributed by atoms with Gasteiger partial charge in [-0.15, -0.1) is 0 Å². The molecule has 3 atom stereocenters. The Morgan fingerprint density at radius 2 is 1.76 bits per heavy atom. The maximum atomic E-state index is 13.8. The molecule has 0 unspecified atom stereocenters. The van der Waals surface area contributed by atoms with Crippen molar-refractivity contribution >= 4 is 25.9 Å². The number of nitrogens with zero attached hydrogens (tertiary/aromatic N) is 2. The second-order valence-corrected chi connectivity index (χ2v) is 18.8. The first kappa shape index (κ1) is 28.2. The van der Waals surface area contributed by atoms with E-state index in [1.165, 1.54) is 18.2 Å². The van der Waals surface area contributed by atoms with E-state index < -0.39 is 13.7 Å². The molecule has 0 bridgehead atoms. The minimum absolute atomic E-state index is 0.00963. The van der Waals surface area contributed by atoms with E-state index in [4.69, 9.17) is 9.16 Å². The molecule has 2 fully saturated rings. The van der Waals surface area contributed by atoms with Crippen LogP contribution in [0.5, 0.6) is 0 Å². The summed E-state index contributed by atoms with van der Waals surface area (Å²) >= 11 is 0. The molecule has 0 radical (unpaired) electrons. The third-order valence-electron chi connectivity index (χ3n) is 10.9. The van der Waals surface area contributed by atoms with Crippen molar-refractivity contribution in [1.82, 2.24) is 4.90 Å². The number of piperidine rings is 1. The highest BCUT2D eigenvalue weighted by atomic mass is 28.4. The predicted molar refractivity (Wildman–Crippen MR) is 164 cm³/mol. The van der Waals surface area contributed by atoms with E-state index >= 15 is 0 Å². The van der Waals surface area contributed by atoms with Gasteiger partial charge >= 0.3 is 5.97 Å². The monoisotopic (exact) mass is 572 g/mol. The molecule has 6 nitrogen and oxygen atoms in total. The van der Waals surface area contributed by atoms with Gasteiger partial charge < -0.3 is 19.0 Å². The highest BCUT2D eigenvalue weighted by Crippen LogP contribution is 2.67. The first-order chi connectivity index (χ1) is 19.5. The molecule has 2 aromatic carbocycles. The quantitative estimate of drug-likeness (QED) is 0.278. The molecular weight excluding hydrogens is 528 g/mol. The molecular formula is C34H44N2O4Si. The number of hydrogen-bond acceptors (Lipinski definition) is 5. The number of carbonyl (C=O) groups is 2. The Kier molecular flexibility index (Phi) is 6.77. The number of anilines is 1. The van der Waals surface area contributed by atoms with Crippen LogP contribution in [0, 0.1) is 5.41 Å². The lowest BCUT2D eigenvalue weighted by atomic mass is 9.53. The SMILES string of the molecule is COC(=O)C1=C2N(Cc3ccccc3)c3ccccc3[C@@]23CCN2C(=O)CC[C@@](CCO[Si](C)(C)C(C)(C)C)(C1)[C@H]23. The maximum Gasteiger partial charge on any atom is 0.335 e. The third-order valence-corrected chi connectivity index (χ3v) is 15.5. The molecule has 0 saturated carbocycles. The Labute approximate surface area is 245 Å². The average Bonchev–Trinajstić information content (AvgIpc) is 3.48. The smallest absolute Gasteiger partial charge is 0.335 e. The molecule has 4 aliphatic rings. The lowest BCUT2D eigenvalue weighted by Crippen LogP contribution is -2.62. The third kappa shape index (κ3) is 4.22. The van der Waals surface area contributed by atoms with Crippen LogP contribution in [0.1, 0.15) is 64.0 Å². The Balaban J connectivity index is 1.51. The Hall–Kier alpha value is -2.90. The number of esters is 1. The first-order valence-electron chi connectivity index (χ1n) is 15.1. The van der Waals surface area contributed by atoms with Gasteiger partial charge in [-0.1, -0.05) is 69.3 Å². The Morgan fingerprint density at radius 3 is 2.46 bits per heavy atom. The second-order valence-electron chi connectivity index (χ2n) is 14.0. The first-order valence-corrected chi connectivity index (χ1v) is 18.0. The van der Waals surface area contributed by atoms with Crippen LogP contribution in [0.15, 0.2) is 65.9 Å². The number of amides is 1. The molecule has 3 heterocycles. The lowest BCUT2D eigenvalue weighted by molar-refractivity contribution is -0.144. The zero-order chi connectivity index (χ0) is 29.2. The van der Waals surface area contributed by atoms with E-state index in [0.29, 0.717) is 32.5 Å². The minimum atomic E-state index is -1.96. The molecule has 1 amide bonds. The van der Waals surface area contributed by atoms with E-state index in [-0.39, 0.29) is 28.4 Å². The summed E-state index contributed by atoms with van der Waals surface area (Å²) < 4.78 is 12.3. The molecule has 1 aliphatic carbocycles. The number of hydrogen-bond donors (Lipinski definition) is 0. The fourth-order valence-electron chi connectivity index (χ4n) is 8.04. The van der Waals surface area contributed by atoms with Crippen molar-refractivity contribution in [1.29, 1.82) is 0 Å². The van der Waals surface area contributed by atoms with Gasteiger partial charge in [0.15, 0.2) is 8.32 Å². The van der Waals surface area contributed by atoms with Crippen molar-refractivity contribution in [2.45, 2.75) is 89.0 Å². The van der Waals surface area contributed by atoms with Crippen LogP contribution in [0.4, 0.5) is 5.69 Å². The molecule has 2 aromatic rings. The van der Waals surface area contributed by atoms with Crippen molar-refractivity contribution < 1.29 is 18.8 Å². The Bertz CT molecular complexity index is 1400. The van der Waals surface area contributed by atoms with E-state index in [0.717, 1.165) is 36.2 Å². The molecule has 3 aliphatic heterocycles. The number of methoxy groups -OCH3 is 1. The van der Waals surface area contributed by atoms with Crippen molar-refractivity contribution in [2.75, 3.05) is 25.2 Å². The van der Waals surface area contributed by atoms with Crippen molar-refractivity contribution in [3.63, 3.8) is 0 Å². The highest BCUT2D eigenvalue weighted by molar-refractivity contribution is 6.74. The molecule has 6 rings (SSSR count). The van der Waals surface area contributed by atoms with Gasteiger partial charge in [0.2, 0.25) is 5.91 Å². The van der Waals surface area contributed by atoms with Crippen LogP contribution < -0.4 is 4.90 Å². The average molecular weight is 573 g/mol. The van der Waals surface area contributed by atoms with Crippen LogP contribution >= 0.6 is 0 Å². The van der Waals surface area contributed by atoms with Gasteiger partial charge in [0.1, 0.15) is 0 Å². The number of benzene rings is 2. The van der Waals surface area contributed by atoms with E-state index in [2.05, 4.69) is 92.2 Å². The van der Waals surface area contributed by atoms with E-state index in [1.807, 2.05) is 6.07 Å². The summed E-state index contributed by atoms with van der Waals surface area (Å²) in [4.78, 5) is 31.8. The summed E-state index contributed by atoms with van der Waals surface area (Å²) in [7, 11) is -0.463. The topological polar surface area (TPSA) is 59.1 Å². The van der Waals surface area contributed by atoms with Gasteiger partial charge in [0.05, 0.1) is 24.1 Å². The Morgan fingerprint density at radius 1 is 1.05 bits per heavy atom. The maximum absolute atomic E-state index is 13.8. The summed E-state index contributed by atoms with van der Waals surface area (Å²) in [6.07, 6.45) is 3.53. The zero-order valence-corrected chi connectivity index (χ0v) is 26.5. The lowest BCUT2D eigenvalue weighted by Gasteiger charge is -2.56. The molecule has 218 valence electrons. The molecule has 1 spiro atoms. The number of carbonyl (C=O) groups excluding carboxylic acids is 2. The summed E-state index contributed by atoms with van der Waals surface area (Å²) in [5.74, 6) is -0.00333. The number of rotatable bonds is 7. The zero-order valence-electron chi connectivity index (χ0n) is 25.5. The van der Waals surface area contributed by atoms with E-state index in [9.17, 15) is 9.59 Å². The standard InChI is InChI=1S/C34H44N2O4Si/c1-32(2,3)41(5,6)40-21-19-33-17-16-28(37)35-20-18-34(31(33)35)26-14-10-11-15-27(26)36(23-24-12-8-7-9-13-24)29(34)25(22-33)30(38)39-4/h7-15,31H,16-23H2,1-6H3/t31-,33+,34-/m0/s1. The van der Waals surface area contributed by atoms with Crippen molar-refractivity contribution in [3.8, 4) is 0 Å². The largest absolute Gasteiger partial charge is 0.466 e. The minimum Gasteiger partial charge on any atom is -0.466 e. The molecule has 0 N–H and O–H groups in total. The number of fused-ring (bicyclic) bond motifs is 1. The van der Waals surface area contributed by atoms with Crippen LogP contribution in [0.25, 0.3) is 0 Å². The van der Waals surface area contributed by atoms with Crippen molar-refractivity contribution in [3.05, 3.63) is 77.0 Å². The number of ether oxygens (including phenoxy) is 1. The molecule has 0 aromatic heterocycles. The summed E-state index contributed by atoms with van der Waals surface area (Å²) in [5, 5.41) is 0.118. The van der Waals surface area contributed by atoms with Crippen LogP contribution in [0.2, 0.25) is 18.1 Å². The fraction of sp³-hybridized carbons (Fsp3) is 0.529. The van der Waals surface area contributed by atoms with Gasteiger partial charge in [-0.2, -0.15) is 0 Å². The van der Waals surface area contributed by atoms with Gasteiger partial charge in [-0.3, -0.25) is 4.79 Å². The number of para-hydroxylation sites is 1. The summed E-state index contributed by atoms with van der Waals surface area (Å²) in [6.45, 7) is 13.4. The van der Waals surface area contributed by atoms with Crippen LogP contribution in [-0.4, -0.2) is 51.4 Å². The highest BCUT2D eigenvalue weighted by Gasteiger charge is 2.69. The molecule has 41 heavy (non-hydrogen) atoms. The van der Waals surface area contributed by atoms with Gasteiger partial charge in [-0.05, 0) is 66.4 Å². The normalized spacial score (nSPS) is 27.1. The fourth-order valence-corrected chi connectivity index (χ4v) is 9.09. The molecule has 2 saturated heterocycles. The summed E-state index contributed by atoms with van der Waals surface area (Å²) in [6, 6.07) is 19.0. The van der Waals surface area contributed by atoms with Gasteiger partial charge in [-0.25, -0.2) is 4.79 Å². The predicted octanol–water partition coefficient (Wildman–Crippen LogP) is 6.57. The van der Waals surface area contributed by atoms with Gasteiger partial charge in [0, 0.05) is 37.5 Å².